The van der Waals surface area contributed by atoms with Gasteiger partial charge in [0.25, 0.3) is 0 Å². The second kappa shape index (κ2) is 6.87. The van der Waals surface area contributed by atoms with Crippen molar-refractivity contribution >= 4 is 0 Å². The van der Waals surface area contributed by atoms with E-state index >= 15 is 0 Å². The molecule has 0 heterocycles. The third kappa shape index (κ3) is 4.04. The topological polar surface area (TPSA) is 45.0 Å². The molecule has 0 saturated heterocycles. The third-order valence-electron chi connectivity index (χ3n) is 3.31. The summed E-state index contributed by atoms with van der Waals surface area (Å²) in [4.78, 5) is 0. The van der Waals surface area contributed by atoms with Gasteiger partial charge in [0.05, 0.1) is 18.7 Å². The van der Waals surface area contributed by atoms with E-state index in [1.54, 1.807) is 13.2 Å². The number of benzene rings is 2. The molecule has 1 atom stereocenters. The SMILES string of the molecule is COc1ccc(C(C)NCc2cc(F)cc(C#N)c2)cc1. The van der Waals surface area contributed by atoms with Crippen LogP contribution in [-0.4, -0.2) is 7.11 Å². The summed E-state index contributed by atoms with van der Waals surface area (Å²) in [7, 11) is 1.63. The molecule has 2 aromatic rings. The molecule has 2 rings (SSSR count). The Kier molecular flexibility index (Phi) is 4.91. The first-order valence-corrected chi connectivity index (χ1v) is 6.69. The van der Waals surface area contributed by atoms with Gasteiger partial charge in [-0.3, -0.25) is 0 Å². The first-order chi connectivity index (χ1) is 10.1. The largest absolute Gasteiger partial charge is 0.497 e. The fourth-order valence-electron chi connectivity index (χ4n) is 2.10. The van der Waals surface area contributed by atoms with Crippen molar-refractivity contribution in [1.29, 1.82) is 5.26 Å². The molecule has 0 spiro atoms. The van der Waals surface area contributed by atoms with E-state index in [1.165, 1.54) is 12.1 Å². The van der Waals surface area contributed by atoms with Crippen LogP contribution in [0.15, 0.2) is 42.5 Å². The van der Waals surface area contributed by atoms with Gasteiger partial charge in [0, 0.05) is 12.6 Å². The highest BCUT2D eigenvalue weighted by Crippen LogP contribution is 2.18. The van der Waals surface area contributed by atoms with Crippen molar-refractivity contribution in [3.63, 3.8) is 0 Å². The molecule has 2 aromatic carbocycles. The number of halogens is 1. The monoisotopic (exact) mass is 284 g/mol. The molecule has 0 bridgehead atoms. The quantitative estimate of drug-likeness (QED) is 0.913. The van der Waals surface area contributed by atoms with E-state index < -0.39 is 0 Å². The van der Waals surface area contributed by atoms with Crippen LogP contribution in [0.3, 0.4) is 0 Å². The molecule has 3 nitrogen and oxygen atoms in total. The zero-order valence-electron chi connectivity index (χ0n) is 12.1. The fourth-order valence-corrected chi connectivity index (χ4v) is 2.10. The Labute approximate surface area is 124 Å². The number of hydrogen-bond acceptors (Lipinski definition) is 3. The Morgan fingerprint density at radius 2 is 1.95 bits per heavy atom. The van der Waals surface area contributed by atoms with Crippen molar-refractivity contribution in [2.24, 2.45) is 0 Å². The Morgan fingerprint density at radius 1 is 1.24 bits per heavy atom. The van der Waals surface area contributed by atoms with Gasteiger partial charge < -0.3 is 10.1 Å². The van der Waals surface area contributed by atoms with Gasteiger partial charge in [0.1, 0.15) is 11.6 Å². The van der Waals surface area contributed by atoms with Crippen LogP contribution in [0.25, 0.3) is 0 Å². The molecule has 0 aromatic heterocycles. The third-order valence-corrected chi connectivity index (χ3v) is 3.31. The number of methoxy groups -OCH3 is 1. The smallest absolute Gasteiger partial charge is 0.124 e. The molecule has 0 saturated carbocycles. The Hall–Kier alpha value is -2.38. The van der Waals surface area contributed by atoms with Gasteiger partial charge in [-0.25, -0.2) is 4.39 Å². The lowest BCUT2D eigenvalue weighted by atomic mass is 10.1. The lowest BCUT2D eigenvalue weighted by Gasteiger charge is -2.15. The minimum absolute atomic E-state index is 0.115. The van der Waals surface area contributed by atoms with Crippen molar-refractivity contribution in [3.05, 3.63) is 65.0 Å². The second-order valence-electron chi connectivity index (χ2n) is 4.84. The molecule has 0 aliphatic heterocycles. The second-order valence-corrected chi connectivity index (χ2v) is 4.84. The minimum atomic E-state index is -0.386. The summed E-state index contributed by atoms with van der Waals surface area (Å²) in [6, 6.07) is 14.2. The molecule has 1 unspecified atom stereocenters. The molecule has 0 fully saturated rings. The molecular weight excluding hydrogens is 267 g/mol. The number of rotatable bonds is 5. The van der Waals surface area contributed by atoms with E-state index in [0.29, 0.717) is 12.1 Å². The van der Waals surface area contributed by atoms with Crippen LogP contribution in [0.2, 0.25) is 0 Å². The van der Waals surface area contributed by atoms with Gasteiger partial charge in [-0.05, 0) is 48.4 Å². The lowest BCUT2D eigenvalue weighted by Crippen LogP contribution is -2.18. The maximum absolute atomic E-state index is 13.4. The van der Waals surface area contributed by atoms with Gasteiger partial charge in [0.2, 0.25) is 0 Å². The summed E-state index contributed by atoms with van der Waals surface area (Å²) < 4.78 is 18.5. The molecular formula is C17H17FN2O. The molecule has 0 radical (unpaired) electrons. The van der Waals surface area contributed by atoms with Gasteiger partial charge in [-0.2, -0.15) is 5.26 Å². The standard InChI is InChI=1S/C17H17FN2O/c1-12(15-3-5-17(21-2)6-4-15)20-11-14-7-13(10-19)8-16(18)9-14/h3-9,12,20H,11H2,1-2H3. The lowest BCUT2D eigenvalue weighted by molar-refractivity contribution is 0.414. The number of nitriles is 1. The van der Waals surface area contributed by atoms with E-state index in [-0.39, 0.29) is 11.9 Å². The van der Waals surface area contributed by atoms with Crippen LogP contribution in [0, 0.1) is 17.1 Å². The predicted octanol–water partition coefficient (Wildman–Crippen LogP) is 3.56. The van der Waals surface area contributed by atoms with E-state index in [4.69, 9.17) is 10.00 Å². The van der Waals surface area contributed by atoms with E-state index in [1.807, 2.05) is 37.3 Å². The number of hydrogen-bond donors (Lipinski definition) is 1. The van der Waals surface area contributed by atoms with E-state index in [0.717, 1.165) is 16.9 Å². The minimum Gasteiger partial charge on any atom is -0.497 e. The average Bonchev–Trinajstić information content (AvgIpc) is 2.52. The summed E-state index contributed by atoms with van der Waals surface area (Å²) >= 11 is 0. The molecule has 4 heteroatoms. The summed E-state index contributed by atoms with van der Waals surface area (Å²) in [6.45, 7) is 2.53. The average molecular weight is 284 g/mol. The first kappa shape index (κ1) is 15.0. The fraction of sp³-hybridized carbons (Fsp3) is 0.235. The van der Waals surface area contributed by atoms with Crippen molar-refractivity contribution < 1.29 is 9.13 Å². The molecule has 108 valence electrons. The molecule has 1 N–H and O–H groups in total. The van der Waals surface area contributed by atoms with Crippen LogP contribution in [0.5, 0.6) is 5.75 Å². The van der Waals surface area contributed by atoms with Crippen LogP contribution >= 0.6 is 0 Å². The van der Waals surface area contributed by atoms with Crippen molar-refractivity contribution in [2.75, 3.05) is 7.11 Å². The number of nitrogens with one attached hydrogen (secondary N) is 1. The van der Waals surface area contributed by atoms with Gasteiger partial charge >= 0.3 is 0 Å². The molecule has 0 aliphatic rings. The number of nitrogens with zero attached hydrogens (tertiary/aromatic N) is 1. The maximum Gasteiger partial charge on any atom is 0.124 e. The van der Waals surface area contributed by atoms with Crippen LogP contribution < -0.4 is 10.1 Å². The van der Waals surface area contributed by atoms with Crippen molar-refractivity contribution in [3.8, 4) is 11.8 Å². The zero-order valence-corrected chi connectivity index (χ0v) is 12.1. The summed E-state index contributed by atoms with van der Waals surface area (Å²) in [5.41, 5.74) is 2.21. The van der Waals surface area contributed by atoms with Gasteiger partial charge in [-0.15, -0.1) is 0 Å². The highest BCUT2D eigenvalue weighted by atomic mass is 19.1. The van der Waals surface area contributed by atoms with Gasteiger partial charge in [-0.1, -0.05) is 12.1 Å². The van der Waals surface area contributed by atoms with Crippen LogP contribution in [0.1, 0.15) is 29.7 Å². The normalized spacial score (nSPS) is 11.7. The van der Waals surface area contributed by atoms with Crippen molar-refractivity contribution in [1.82, 2.24) is 5.32 Å². The van der Waals surface area contributed by atoms with Crippen LogP contribution in [-0.2, 0) is 6.54 Å². The van der Waals surface area contributed by atoms with E-state index in [9.17, 15) is 4.39 Å². The van der Waals surface area contributed by atoms with E-state index in [2.05, 4.69) is 5.32 Å². The Bertz CT molecular complexity index is 647. The maximum atomic E-state index is 13.4. The van der Waals surface area contributed by atoms with Crippen molar-refractivity contribution in [2.45, 2.75) is 19.5 Å². The summed E-state index contributed by atoms with van der Waals surface area (Å²) in [5, 5.41) is 12.2. The first-order valence-electron chi connectivity index (χ1n) is 6.69. The molecule has 21 heavy (non-hydrogen) atoms. The predicted molar refractivity (Wildman–Crippen MR) is 79.4 cm³/mol. The summed E-state index contributed by atoms with van der Waals surface area (Å²) in [5.74, 6) is 0.428. The summed E-state index contributed by atoms with van der Waals surface area (Å²) in [6.07, 6.45) is 0. The zero-order chi connectivity index (χ0) is 15.2. The number of ether oxygens (including phenoxy) is 1. The highest BCUT2D eigenvalue weighted by molar-refractivity contribution is 5.34. The highest BCUT2D eigenvalue weighted by Gasteiger charge is 2.06. The van der Waals surface area contributed by atoms with Crippen LogP contribution in [0.4, 0.5) is 4.39 Å². The molecule has 0 aliphatic carbocycles. The Balaban J connectivity index is 2.01. The molecule has 0 amide bonds. The van der Waals surface area contributed by atoms with Gasteiger partial charge in [0.15, 0.2) is 0 Å². The Morgan fingerprint density at radius 3 is 2.57 bits per heavy atom.